The van der Waals surface area contributed by atoms with Crippen molar-refractivity contribution in [3.63, 3.8) is 0 Å². The zero-order valence-electron chi connectivity index (χ0n) is 11.8. The van der Waals surface area contributed by atoms with E-state index in [-0.39, 0.29) is 5.95 Å². The number of benzene rings is 2. The topological polar surface area (TPSA) is 73.9 Å². The molecule has 0 amide bonds. The van der Waals surface area contributed by atoms with Crippen molar-refractivity contribution in [3.05, 3.63) is 54.3 Å². The van der Waals surface area contributed by atoms with Gasteiger partial charge in [-0.2, -0.15) is 0 Å². The van der Waals surface area contributed by atoms with E-state index in [2.05, 4.69) is 15.2 Å². The van der Waals surface area contributed by atoms with Crippen LogP contribution in [0.4, 0.5) is 10.3 Å². The van der Waals surface area contributed by atoms with Gasteiger partial charge in [-0.05, 0) is 12.1 Å². The van der Waals surface area contributed by atoms with Gasteiger partial charge in [0.2, 0.25) is 5.95 Å². The lowest BCUT2D eigenvalue weighted by molar-refractivity contribution is 0.411. The van der Waals surface area contributed by atoms with Crippen molar-refractivity contribution in [2.24, 2.45) is 0 Å². The van der Waals surface area contributed by atoms with Gasteiger partial charge in [0.25, 0.3) is 0 Å². The third-order valence-corrected chi connectivity index (χ3v) is 3.13. The quantitative estimate of drug-likeness (QED) is 0.804. The maximum Gasteiger partial charge on any atom is 0.240 e. The SMILES string of the molecule is COc1cc(F)cc(-c2nnc(N)nc2-c2ccccc2)c1. The van der Waals surface area contributed by atoms with Crippen LogP contribution >= 0.6 is 0 Å². The highest BCUT2D eigenvalue weighted by molar-refractivity contribution is 5.78. The van der Waals surface area contributed by atoms with Crippen molar-refractivity contribution in [2.75, 3.05) is 12.8 Å². The van der Waals surface area contributed by atoms with E-state index < -0.39 is 5.82 Å². The van der Waals surface area contributed by atoms with Crippen LogP contribution in [0.1, 0.15) is 0 Å². The molecule has 0 aliphatic rings. The summed E-state index contributed by atoms with van der Waals surface area (Å²) in [5, 5.41) is 7.86. The molecule has 0 aliphatic carbocycles. The van der Waals surface area contributed by atoms with Gasteiger partial charge in [-0.15, -0.1) is 10.2 Å². The predicted molar refractivity (Wildman–Crippen MR) is 81.6 cm³/mol. The standard InChI is InChI=1S/C16H13FN4O/c1-22-13-8-11(7-12(17)9-13)15-14(19-16(18)21-20-15)10-5-3-2-4-6-10/h2-9H,1H3,(H2,18,19,21). The van der Waals surface area contributed by atoms with Crippen LogP contribution < -0.4 is 10.5 Å². The fourth-order valence-corrected chi connectivity index (χ4v) is 2.15. The number of nitrogens with zero attached hydrogens (tertiary/aromatic N) is 3. The number of hydrogen-bond donors (Lipinski definition) is 1. The molecule has 3 rings (SSSR count). The summed E-state index contributed by atoms with van der Waals surface area (Å²) in [7, 11) is 1.48. The highest BCUT2D eigenvalue weighted by atomic mass is 19.1. The molecule has 2 aromatic carbocycles. The van der Waals surface area contributed by atoms with E-state index in [1.165, 1.54) is 19.2 Å². The molecule has 6 heteroatoms. The van der Waals surface area contributed by atoms with E-state index in [0.717, 1.165) is 5.56 Å². The maximum absolute atomic E-state index is 13.7. The molecule has 0 spiro atoms. The second-order valence-corrected chi connectivity index (χ2v) is 4.61. The molecule has 1 aromatic heterocycles. The lowest BCUT2D eigenvalue weighted by Crippen LogP contribution is -2.02. The summed E-state index contributed by atoms with van der Waals surface area (Å²) in [5.74, 6) is 0.0330. The van der Waals surface area contributed by atoms with Crippen LogP contribution in [0, 0.1) is 5.82 Å². The van der Waals surface area contributed by atoms with Crippen LogP contribution in [0.5, 0.6) is 5.75 Å². The first kappa shape index (κ1) is 13.9. The van der Waals surface area contributed by atoms with E-state index in [1.54, 1.807) is 6.07 Å². The first-order valence-electron chi connectivity index (χ1n) is 6.58. The molecule has 0 aliphatic heterocycles. The van der Waals surface area contributed by atoms with Gasteiger partial charge in [0.05, 0.1) is 7.11 Å². The lowest BCUT2D eigenvalue weighted by Gasteiger charge is -2.09. The molecule has 2 N–H and O–H groups in total. The second-order valence-electron chi connectivity index (χ2n) is 4.61. The zero-order chi connectivity index (χ0) is 15.5. The smallest absolute Gasteiger partial charge is 0.240 e. The number of nitrogens with two attached hydrogens (primary N) is 1. The van der Waals surface area contributed by atoms with Gasteiger partial charge in [-0.1, -0.05) is 30.3 Å². The number of ether oxygens (including phenoxy) is 1. The fourth-order valence-electron chi connectivity index (χ4n) is 2.15. The Kier molecular flexibility index (Phi) is 3.65. The molecular formula is C16H13FN4O. The average molecular weight is 296 g/mol. The van der Waals surface area contributed by atoms with Crippen molar-refractivity contribution in [2.45, 2.75) is 0 Å². The minimum atomic E-state index is -0.424. The fraction of sp³-hybridized carbons (Fsp3) is 0.0625. The Morgan fingerprint density at radius 2 is 1.73 bits per heavy atom. The van der Waals surface area contributed by atoms with Crippen LogP contribution in [-0.4, -0.2) is 22.3 Å². The van der Waals surface area contributed by atoms with Gasteiger partial charge < -0.3 is 10.5 Å². The summed E-state index contributed by atoms with van der Waals surface area (Å²) in [6.07, 6.45) is 0. The number of halogens is 1. The van der Waals surface area contributed by atoms with E-state index in [0.29, 0.717) is 22.7 Å². The number of hydrogen-bond acceptors (Lipinski definition) is 5. The van der Waals surface area contributed by atoms with E-state index >= 15 is 0 Å². The Balaban J connectivity index is 2.21. The molecule has 0 saturated heterocycles. The van der Waals surface area contributed by atoms with Crippen molar-refractivity contribution in [3.8, 4) is 28.3 Å². The molecule has 0 atom stereocenters. The van der Waals surface area contributed by atoms with Gasteiger partial charge in [-0.3, -0.25) is 0 Å². The molecule has 0 bridgehead atoms. The summed E-state index contributed by atoms with van der Waals surface area (Å²) >= 11 is 0. The van der Waals surface area contributed by atoms with Gasteiger partial charge in [0, 0.05) is 17.2 Å². The maximum atomic E-state index is 13.7. The van der Waals surface area contributed by atoms with Crippen LogP contribution in [0.25, 0.3) is 22.5 Å². The monoisotopic (exact) mass is 296 g/mol. The van der Waals surface area contributed by atoms with Crippen molar-refractivity contribution < 1.29 is 9.13 Å². The molecule has 0 saturated carbocycles. The molecule has 0 radical (unpaired) electrons. The first-order valence-corrected chi connectivity index (χ1v) is 6.58. The number of nitrogen functional groups attached to an aromatic ring is 1. The predicted octanol–water partition coefficient (Wildman–Crippen LogP) is 2.94. The third kappa shape index (κ3) is 2.71. The Bertz CT molecular complexity index is 808. The minimum absolute atomic E-state index is 0.0611. The summed E-state index contributed by atoms with van der Waals surface area (Å²) < 4.78 is 18.8. The molecule has 110 valence electrons. The normalized spacial score (nSPS) is 10.5. The van der Waals surface area contributed by atoms with Crippen molar-refractivity contribution in [1.82, 2.24) is 15.2 Å². The van der Waals surface area contributed by atoms with E-state index in [9.17, 15) is 4.39 Å². The molecule has 0 fully saturated rings. The van der Waals surface area contributed by atoms with Gasteiger partial charge in [0.1, 0.15) is 23.0 Å². The number of aromatic nitrogens is 3. The Labute approximate surface area is 126 Å². The molecule has 1 heterocycles. The van der Waals surface area contributed by atoms with Gasteiger partial charge in [-0.25, -0.2) is 9.37 Å². The number of anilines is 1. The molecule has 22 heavy (non-hydrogen) atoms. The van der Waals surface area contributed by atoms with Crippen LogP contribution in [0.2, 0.25) is 0 Å². The molecule has 5 nitrogen and oxygen atoms in total. The number of rotatable bonds is 3. The third-order valence-electron chi connectivity index (χ3n) is 3.13. The highest BCUT2D eigenvalue weighted by Crippen LogP contribution is 2.31. The van der Waals surface area contributed by atoms with E-state index in [1.807, 2.05) is 30.3 Å². The van der Waals surface area contributed by atoms with E-state index in [4.69, 9.17) is 10.5 Å². The largest absolute Gasteiger partial charge is 0.497 e. The molecule has 0 unspecified atom stereocenters. The highest BCUT2D eigenvalue weighted by Gasteiger charge is 2.14. The summed E-state index contributed by atoms with van der Waals surface area (Å²) in [5.41, 5.74) is 7.98. The minimum Gasteiger partial charge on any atom is -0.497 e. The molecule has 3 aromatic rings. The summed E-state index contributed by atoms with van der Waals surface area (Å²) in [4.78, 5) is 4.25. The van der Waals surface area contributed by atoms with Crippen LogP contribution in [-0.2, 0) is 0 Å². The van der Waals surface area contributed by atoms with Gasteiger partial charge in [0.15, 0.2) is 0 Å². The van der Waals surface area contributed by atoms with Crippen LogP contribution in [0.15, 0.2) is 48.5 Å². The first-order chi connectivity index (χ1) is 10.7. The lowest BCUT2D eigenvalue weighted by atomic mass is 10.0. The summed E-state index contributed by atoms with van der Waals surface area (Å²) in [6.45, 7) is 0. The zero-order valence-corrected chi connectivity index (χ0v) is 11.8. The Morgan fingerprint density at radius 1 is 0.955 bits per heavy atom. The Morgan fingerprint density at radius 3 is 2.45 bits per heavy atom. The Hall–Kier alpha value is -3.02. The second kappa shape index (κ2) is 5.77. The van der Waals surface area contributed by atoms with Crippen molar-refractivity contribution in [1.29, 1.82) is 0 Å². The average Bonchev–Trinajstić information content (AvgIpc) is 2.55. The van der Waals surface area contributed by atoms with Crippen molar-refractivity contribution >= 4 is 5.95 Å². The molecular weight excluding hydrogens is 283 g/mol. The van der Waals surface area contributed by atoms with Gasteiger partial charge >= 0.3 is 0 Å². The summed E-state index contributed by atoms with van der Waals surface area (Å²) in [6, 6.07) is 13.7. The number of methoxy groups -OCH3 is 1. The van der Waals surface area contributed by atoms with Crippen LogP contribution in [0.3, 0.4) is 0 Å².